The van der Waals surface area contributed by atoms with Crippen LogP contribution >= 0.6 is 0 Å². The Morgan fingerprint density at radius 3 is 2.10 bits per heavy atom. The van der Waals surface area contributed by atoms with Crippen LogP contribution in [-0.4, -0.2) is 15.0 Å². The average molecular weight is 129 g/mol. The van der Waals surface area contributed by atoms with Gasteiger partial charge >= 0.3 is 0 Å². The van der Waals surface area contributed by atoms with E-state index in [1.165, 1.54) is 0 Å². The lowest BCUT2D eigenvalue weighted by Crippen LogP contribution is -1.92. The Morgan fingerprint density at radius 2 is 1.50 bits per heavy atom. The molecule has 0 spiro atoms. The third-order valence-corrected chi connectivity index (χ3v) is 1.81. The molecule has 0 N–H and O–H groups in total. The number of hydrogen-bond donors (Lipinski definition) is 0. The molecule has 3 aliphatic rings. The van der Waals surface area contributed by atoms with Crippen LogP contribution in [0.3, 0.4) is 0 Å². The minimum Gasteiger partial charge on any atom is -0.263 e. The van der Waals surface area contributed by atoms with E-state index in [0.717, 1.165) is 22.5 Å². The van der Waals surface area contributed by atoms with Gasteiger partial charge in [0.15, 0.2) is 0 Å². The molecule has 0 unspecified atom stereocenters. The molecule has 2 aliphatic heterocycles. The fraction of sp³-hybridized carbons (Fsp3) is 0. The van der Waals surface area contributed by atoms with Crippen molar-refractivity contribution in [3.63, 3.8) is 0 Å². The van der Waals surface area contributed by atoms with Gasteiger partial charge in [-0.1, -0.05) is 0 Å². The van der Waals surface area contributed by atoms with Gasteiger partial charge in [-0.2, -0.15) is 0 Å². The standard InChI is InChI=1S/C7H3N3/c1-4-5(2-8-1)7-6(4)9-3-10-7/h1-3H. The minimum absolute atomic E-state index is 1.01. The van der Waals surface area contributed by atoms with Gasteiger partial charge in [-0.25, -0.2) is 9.97 Å². The topological polar surface area (TPSA) is 38.7 Å². The third kappa shape index (κ3) is 0.279. The summed E-state index contributed by atoms with van der Waals surface area (Å²) in [6.07, 6.45) is 5.24. The lowest BCUT2D eigenvalue weighted by atomic mass is 9.95. The summed E-state index contributed by atoms with van der Waals surface area (Å²) in [6, 6.07) is 0. The predicted octanol–water partition coefficient (Wildman–Crippen LogP) is 0.957. The number of fused-ring (bicyclic) bond motifs is 4. The maximum absolute atomic E-state index is 4.07. The van der Waals surface area contributed by atoms with E-state index in [1.54, 1.807) is 6.33 Å². The molecule has 3 rings (SSSR count). The van der Waals surface area contributed by atoms with E-state index in [0.29, 0.717) is 0 Å². The highest BCUT2D eigenvalue weighted by Gasteiger charge is 2.26. The zero-order valence-corrected chi connectivity index (χ0v) is 5.07. The molecule has 0 aromatic carbocycles. The monoisotopic (exact) mass is 129 g/mol. The van der Waals surface area contributed by atoms with Crippen molar-refractivity contribution in [2.45, 2.75) is 0 Å². The van der Waals surface area contributed by atoms with Gasteiger partial charge in [0.2, 0.25) is 0 Å². The molecule has 3 heteroatoms. The SMILES string of the molecule is c1nc2c3cncc-3c-2n1. The lowest BCUT2D eigenvalue weighted by Gasteiger charge is -2.09. The quantitative estimate of drug-likeness (QED) is 0.453. The fourth-order valence-electron chi connectivity index (χ4n) is 1.30. The molecular formula is C7H3N3. The Morgan fingerprint density at radius 1 is 0.900 bits per heavy atom. The number of aromatic nitrogens is 3. The van der Waals surface area contributed by atoms with E-state index in [9.17, 15) is 0 Å². The molecule has 0 radical (unpaired) electrons. The molecule has 1 aliphatic carbocycles. The van der Waals surface area contributed by atoms with Crippen molar-refractivity contribution in [3.05, 3.63) is 18.7 Å². The summed E-state index contributed by atoms with van der Waals surface area (Å²) in [6.45, 7) is 0. The predicted molar refractivity (Wildman–Crippen MR) is 35.4 cm³/mol. The Kier molecular flexibility index (Phi) is 0.502. The Hall–Kier alpha value is -1.51. The van der Waals surface area contributed by atoms with Gasteiger partial charge in [-0.05, 0) is 0 Å². The van der Waals surface area contributed by atoms with Crippen LogP contribution in [0, 0.1) is 0 Å². The van der Waals surface area contributed by atoms with Gasteiger partial charge in [0.1, 0.15) is 17.7 Å². The van der Waals surface area contributed by atoms with Crippen LogP contribution in [0.2, 0.25) is 0 Å². The molecule has 2 heterocycles. The fourth-order valence-corrected chi connectivity index (χ4v) is 1.30. The van der Waals surface area contributed by atoms with Crippen LogP contribution in [0.15, 0.2) is 18.7 Å². The van der Waals surface area contributed by atoms with Crippen LogP contribution < -0.4 is 0 Å². The van der Waals surface area contributed by atoms with Crippen molar-refractivity contribution in [1.29, 1.82) is 0 Å². The molecule has 46 valence electrons. The number of rotatable bonds is 0. The molecule has 0 saturated heterocycles. The molecule has 0 atom stereocenters. The molecule has 0 bridgehead atoms. The second-order valence-corrected chi connectivity index (χ2v) is 2.31. The summed E-state index contributed by atoms with van der Waals surface area (Å²) >= 11 is 0. The van der Waals surface area contributed by atoms with Gasteiger partial charge in [0.25, 0.3) is 0 Å². The van der Waals surface area contributed by atoms with E-state index in [1.807, 2.05) is 12.4 Å². The first-order chi connectivity index (χ1) is 4.97. The van der Waals surface area contributed by atoms with Gasteiger partial charge in [0, 0.05) is 23.5 Å². The number of imidazole rings is 1. The molecule has 0 aromatic heterocycles. The largest absolute Gasteiger partial charge is 0.263 e. The Labute approximate surface area is 57.1 Å². The van der Waals surface area contributed by atoms with E-state index in [-0.39, 0.29) is 0 Å². The summed E-state index contributed by atoms with van der Waals surface area (Å²) in [5, 5.41) is 0. The first-order valence-corrected chi connectivity index (χ1v) is 3.06. The van der Waals surface area contributed by atoms with Crippen molar-refractivity contribution in [2.24, 2.45) is 0 Å². The second kappa shape index (κ2) is 1.16. The van der Waals surface area contributed by atoms with Crippen LogP contribution in [-0.2, 0) is 0 Å². The maximum Gasteiger partial charge on any atom is 0.116 e. The highest BCUT2D eigenvalue weighted by Crippen LogP contribution is 2.43. The third-order valence-electron chi connectivity index (χ3n) is 1.81. The second-order valence-electron chi connectivity index (χ2n) is 2.31. The van der Waals surface area contributed by atoms with Gasteiger partial charge in [0.05, 0.1) is 0 Å². The van der Waals surface area contributed by atoms with Crippen molar-refractivity contribution < 1.29 is 0 Å². The van der Waals surface area contributed by atoms with Gasteiger partial charge in [-0.15, -0.1) is 0 Å². The van der Waals surface area contributed by atoms with E-state index >= 15 is 0 Å². The van der Waals surface area contributed by atoms with Gasteiger partial charge < -0.3 is 0 Å². The Bertz CT molecular complexity index is 297. The van der Waals surface area contributed by atoms with Crippen molar-refractivity contribution in [1.82, 2.24) is 15.0 Å². The number of hydrogen-bond acceptors (Lipinski definition) is 3. The van der Waals surface area contributed by atoms with Crippen molar-refractivity contribution in [3.8, 4) is 22.5 Å². The molecular weight excluding hydrogens is 126 g/mol. The van der Waals surface area contributed by atoms with Crippen LogP contribution in [0.1, 0.15) is 0 Å². The Balaban J connectivity index is 2.54. The van der Waals surface area contributed by atoms with Crippen LogP contribution in [0.4, 0.5) is 0 Å². The van der Waals surface area contributed by atoms with Crippen molar-refractivity contribution >= 4 is 0 Å². The first kappa shape index (κ1) is 4.33. The maximum atomic E-state index is 4.07. The summed E-state index contributed by atoms with van der Waals surface area (Å²) in [5.74, 6) is 0. The smallest absolute Gasteiger partial charge is 0.116 e. The van der Waals surface area contributed by atoms with E-state index < -0.39 is 0 Å². The normalized spacial score (nSPS) is 12.0. The van der Waals surface area contributed by atoms with Crippen LogP contribution in [0.5, 0.6) is 0 Å². The summed E-state index contributed by atoms with van der Waals surface area (Å²) in [4.78, 5) is 12.1. The molecule has 0 aromatic rings. The number of nitrogens with zero attached hydrogens (tertiary/aromatic N) is 3. The highest BCUT2D eigenvalue weighted by molar-refractivity contribution is 5.97. The zero-order valence-electron chi connectivity index (χ0n) is 5.07. The molecule has 3 nitrogen and oxygen atoms in total. The van der Waals surface area contributed by atoms with Gasteiger partial charge in [-0.3, -0.25) is 4.98 Å². The zero-order chi connectivity index (χ0) is 6.55. The molecule has 0 fully saturated rings. The summed E-state index contributed by atoms with van der Waals surface area (Å²) < 4.78 is 0. The first-order valence-electron chi connectivity index (χ1n) is 3.06. The van der Waals surface area contributed by atoms with E-state index in [2.05, 4.69) is 15.0 Å². The minimum atomic E-state index is 1.01. The van der Waals surface area contributed by atoms with Crippen molar-refractivity contribution in [2.75, 3.05) is 0 Å². The van der Waals surface area contributed by atoms with Crippen LogP contribution in [0.25, 0.3) is 22.5 Å². The summed E-state index contributed by atoms with van der Waals surface area (Å²) in [5.41, 5.74) is 4.31. The lowest BCUT2D eigenvalue weighted by molar-refractivity contribution is 1.34. The highest BCUT2D eigenvalue weighted by atomic mass is 14.9. The molecule has 0 saturated carbocycles. The molecule has 0 amide bonds. The average Bonchev–Trinajstić information content (AvgIpc) is 2.42. The van der Waals surface area contributed by atoms with E-state index in [4.69, 9.17) is 0 Å². The summed E-state index contributed by atoms with van der Waals surface area (Å²) in [7, 11) is 0. The molecule has 10 heavy (non-hydrogen) atoms.